The molecule has 28 heavy (non-hydrogen) atoms. The zero-order valence-corrected chi connectivity index (χ0v) is 20.1. The lowest BCUT2D eigenvalue weighted by Gasteiger charge is -2.23. The molecule has 1 fully saturated rings. The zero-order chi connectivity index (χ0) is 19.7. The molecule has 2 unspecified atom stereocenters. The highest BCUT2D eigenvalue weighted by Gasteiger charge is 2.19. The molecule has 0 saturated carbocycles. The smallest absolute Gasteiger partial charge is 0.191 e. The largest absolute Gasteiger partial charge is 0.491 e. The van der Waals surface area contributed by atoms with Gasteiger partial charge in [0.05, 0.1) is 25.9 Å². The van der Waals surface area contributed by atoms with Crippen LogP contribution in [0.15, 0.2) is 29.3 Å². The van der Waals surface area contributed by atoms with Gasteiger partial charge < -0.3 is 24.8 Å². The molecular formula is C21H36IN3O3. The minimum atomic E-state index is 0. The van der Waals surface area contributed by atoms with Crippen LogP contribution in [0.3, 0.4) is 0 Å². The number of para-hydroxylation sites is 1. The second-order valence-corrected chi connectivity index (χ2v) is 7.96. The average molecular weight is 505 g/mol. The van der Waals surface area contributed by atoms with Crippen molar-refractivity contribution in [2.75, 3.05) is 40.0 Å². The maximum Gasteiger partial charge on any atom is 0.191 e. The van der Waals surface area contributed by atoms with Gasteiger partial charge in [-0.3, -0.25) is 4.99 Å². The first-order valence-electron chi connectivity index (χ1n) is 9.79. The summed E-state index contributed by atoms with van der Waals surface area (Å²) in [6.07, 6.45) is 1.20. The summed E-state index contributed by atoms with van der Waals surface area (Å²) in [4.78, 5) is 4.27. The van der Waals surface area contributed by atoms with Crippen LogP contribution in [0, 0.1) is 0 Å². The predicted octanol–water partition coefficient (Wildman–Crippen LogP) is 3.34. The van der Waals surface area contributed by atoms with E-state index >= 15 is 0 Å². The van der Waals surface area contributed by atoms with E-state index in [4.69, 9.17) is 14.2 Å². The van der Waals surface area contributed by atoms with E-state index in [1.54, 1.807) is 7.05 Å². The summed E-state index contributed by atoms with van der Waals surface area (Å²) in [7, 11) is 1.77. The molecule has 1 aliphatic heterocycles. The number of benzene rings is 1. The Morgan fingerprint density at radius 2 is 2.07 bits per heavy atom. The van der Waals surface area contributed by atoms with Gasteiger partial charge >= 0.3 is 0 Å². The van der Waals surface area contributed by atoms with Crippen LogP contribution in [-0.2, 0) is 14.9 Å². The Bertz CT molecular complexity index is 599. The van der Waals surface area contributed by atoms with Crippen molar-refractivity contribution in [3.63, 3.8) is 0 Å². The quantitative estimate of drug-likeness (QED) is 0.246. The topological polar surface area (TPSA) is 64.1 Å². The third kappa shape index (κ3) is 8.53. The fourth-order valence-corrected chi connectivity index (χ4v) is 2.94. The van der Waals surface area contributed by atoms with E-state index in [9.17, 15) is 0 Å². The van der Waals surface area contributed by atoms with Gasteiger partial charge in [0.2, 0.25) is 0 Å². The van der Waals surface area contributed by atoms with Crippen molar-refractivity contribution in [3.05, 3.63) is 29.8 Å². The molecule has 1 heterocycles. The maximum atomic E-state index is 5.99. The van der Waals surface area contributed by atoms with Gasteiger partial charge in [0, 0.05) is 19.7 Å². The minimum absolute atomic E-state index is 0. The molecule has 2 atom stereocenters. The summed E-state index contributed by atoms with van der Waals surface area (Å²) in [6, 6.07) is 8.38. The molecular weight excluding hydrogens is 469 g/mol. The summed E-state index contributed by atoms with van der Waals surface area (Å²) < 4.78 is 17.2. The summed E-state index contributed by atoms with van der Waals surface area (Å²) in [5.74, 6) is 1.69. The first-order valence-corrected chi connectivity index (χ1v) is 9.79. The van der Waals surface area contributed by atoms with Crippen LogP contribution in [-0.4, -0.2) is 58.1 Å². The molecule has 2 rings (SSSR count). The molecule has 2 N–H and O–H groups in total. The molecule has 0 aromatic heterocycles. The lowest BCUT2D eigenvalue weighted by Crippen LogP contribution is -2.45. The van der Waals surface area contributed by atoms with Crippen LogP contribution < -0.4 is 15.4 Å². The van der Waals surface area contributed by atoms with Gasteiger partial charge in [-0.15, -0.1) is 24.0 Å². The van der Waals surface area contributed by atoms with E-state index in [-0.39, 0.29) is 41.5 Å². The first kappa shape index (κ1) is 25.0. The number of ether oxygens (including phenoxy) is 3. The Morgan fingerprint density at radius 3 is 2.71 bits per heavy atom. The lowest BCUT2D eigenvalue weighted by molar-refractivity contribution is 0.0347. The van der Waals surface area contributed by atoms with Gasteiger partial charge in [-0.2, -0.15) is 0 Å². The maximum absolute atomic E-state index is 5.99. The van der Waals surface area contributed by atoms with Crippen molar-refractivity contribution in [1.29, 1.82) is 0 Å². The predicted molar refractivity (Wildman–Crippen MR) is 125 cm³/mol. The van der Waals surface area contributed by atoms with Crippen molar-refractivity contribution in [2.45, 2.75) is 51.7 Å². The molecule has 6 nitrogen and oxygen atoms in total. The van der Waals surface area contributed by atoms with Crippen LogP contribution in [0.2, 0.25) is 0 Å². The van der Waals surface area contributed by atoms with Crippen molar-refractivity contribution in [1.82, 2.24) is 10.6 Å². The molecule has 0 bridgehead atoms. The van der Waals surface area contributed by atoms with Gasteiger partial charge in [-0.1, -0.05) is 39.0 Å². The third-order valence-electron chi connectivity index (χ3n) is 4.42. The number of hydrogen-bond acceptors (Lipinski definition) is 4. The molecule has 0 spiro atoms. The average Bonchev–Trinajstić information content (AvgIpc) is 3.15. The van der Waals surface area contributed by atoms with Crippen LogP contribution in [0.4, 0.5) is 0 Å². The second-order valence-electron chi connectivity index (χ2n) is 7.96. The minimum Gasteiger partial charge on any atom is -0.491 e. The zero-order valence-electron chi connectivity index (χ0n) is 17.8. The van der Waals surface area contributed by atoms with E-state index in [1.165, 1.54) is 5.56 Å². The molecule has 160 valence electrons. The fourth-order valence-electron chi connectivity index (χ4n) is 2.94. The Hall–Kier alpha value is -1.06. The Morgan fingerprint density at radius 1 is 1.32 bits per heavy atom. The van der Waals surface area contributed by atoms with E-state index in [0.717, 1.165) is 24.7 Å². The van der Waals surface area contributed by atoms with Gasteiger partial charge in [-0.05, 0) is 30.4 Å². The van der Waals surface area contributed by atoms with Gasteiger partial charge in [0.15, 0.2) is 5.96 Å². The summed E-state index contributed by atoms with van der Waals surface area (Å²) in [6.45, 7) is 12.0. The Labute approximate surface area is 186 Å². The van der Waals surface area contributed by atoms with Crippen LogP contribution >= 0.6 is 24.0 Å². The number of hydrogen-bond donors (Lipinski definition) is 2. The standard InChI is InChI=1S/C21H35N3O3.HI/c1-16(14-27-17-10-12-25-15-17)24-20(22-5)23-11-13-26-19-9-7-6-8-18(19)21(2,3)4;/h6-9,16-17H,10-15H2,1-5H3,(H2,22,23,24);1H. The highest BCUT2D eigenvalue weighted by molar-refractivity contribution is 14.0. The number of aliphatic imine (C=N–C) groups is 1. The molecule has 1 aromatic carbocycles. The van der Waals surface area contributed by atoms with E-state index in [1.807, 2.05) is 12.1 Å². The van der Waals surface area contributed by atoms with Gasteiger partial charge in [0.1, 0.15) is 12.4 Å². The molecule has 7 heteroatoms. The number of nitrogens with one attached hydrogen (secondary N) is 2. The SMILES string of the molecule is CN=C(NCCOc1ccccc1C(C)(C)C)NC(C)COC1CCOC1.I. The monoisotopic (exact) mass is 505 g/mol. The summed E-state index contributed by atoms with van der Waals surface area (Å²) >= 11 is 0. The van der Waals surface area contributed by atoms with Crippen molar-refractivity contribution < 1.29 is 14.2 Å². The van der Waals surface area contributed by atoms with Gasteiger partial charge in [0.25, 0.3) is 0 Å². The highest BCUT2D eigenvalue weighted by Crippen LogP contribution is 2.30. The second kappa shape index (κ2) is 12.5. The number of guanidine groups is 1. The molecule has 1 saturated heterocycles. The number of halogens is 1. The normalized spacial score (nSPS) is 18.3. The van der Waals surface area contributed by atoms with Crippen molar-refractivity contribution >= 4 is 29.9 Å². The van der Waals surface area contributed by atoms with Crippen molar-refractivity contribution in [2.24, 2.45) is 4.99 Å². The lowest BCUT2D eigenvalue weighted by atomic mass is 9.86. The Kier molecular flexibility index (Phi) is 11.1. The van der Waals surface area contributed by atoms with Crippen molar-refractivity contribution in [3.8, 4) is 5.75 Å². The number of rotatable bonds is 8. The van der Waals surface area contributed by atoms with Gasteiger partial charge in [-0.25, -0.2) is 0 Å². The van der Waals surface area contributed by atoms with Crippen LogP contribution in [0.1, 0.15) is 39.7 Å². The third-order valence-corrected chi connectivity index (χ3v) is 4.42. The van der Waals surface area contributed by atoms with E-state index in [2.05, 4.69) is 55.5 Å². The summed E-state index contributed by atoms with van der Waals surface area (Å²) in [5.41, 5.74) is 1.27. The van der Waals surface area contributed by atoms with E-state index in [0.29, 0.717) is 26.4 Å². The van der Waals surface area contributed by atoms with E-state index < -0.39 is 0 Å². The highest BCUT2D eigenvalue weighted by atomic mass is 127. The first-order chi connectivity index (χ1) is 12.9. The Balaban J connectivity index is 0.00000392. The van der Waals surface area contributed by atoms with Crippen LogP contribution in [0.25, 0.3) is 0 Å². The molecule has 0 aliphatic carbocycles. The van der Waals surface area contributed by atoms with Crippen LogP contribution in [0.5, 0.6) is 5.75 Å². The number of nitrogens with zero attached hydrogens (tertiary/aromatic N) is 1. The molecule has 0 amide bonds. The molecule has 0 radical (unpaired) electrons. The molecule has 1 aromatic rings. The fraction of sp³-hybridized carbons (Fsp3) is 0.667. The molecule has 1 aliphatic rings. The summed E-state index contributed by atoms with van der Waals surface area (Å²) in [5, 5.41) is 6.63.